The molecule has 0 aliphatic carbocycles. The van der Waals surface area contributed by atoms with E-state index in [2.05, 4.69) is 92.2 Å². The summed E-state index contributed by atoms with van der Waals surface area (Å²) in [6.07, 6.45) is 2.30. The first kappa shape index (κ1) is 14.0. The molecule has 1 aliphatic rings. The van der Waals surface area contributed by atoms with Crippen molar-refractivity contribution in [1.29, 1.82) is 0 Å². The van der Waals surface area contributed by atoms with Gasteiger partial charge in [-0.05, 0) is 25.5 Å². The fourth-order valence-electron chi connectivity index (χ4n) is 4.76. The van der Waals surface area contributed by atoms with Gasteiger partial charge in [0.2, 0.25) is 0 Å². The summed E-state index contributed by atoms with van der Waals surface area (Å²) in [5.41, 5.74) is 5.46. The Bertz CT molecular complexity index is 1160. The van der Waals surface area contributed by atoms with Crippen LogP contribution in [0.5, 0.6) is 0 Å². The second kappa shape index (κ2) is 4.00. The zero-order valence-corrected chi connectivity index (χ0v) is 15.0. The van der Waals surface area contributed by atoms with E-state index in [0.717, 1.165) is 0 Å². The Morgan fingerprint density at radius 3 is 2.38 bits per heavy atom. The molecule has 0 saturated carbocycles. The van der Waals surface area contributed by atoms with Crippen molar-refractivity contribution in [3.63, 3.8) is 0 Å². The van der Waals surface area contributed by atoms with E-state index in [1.807, 2.05) is 0 Å². The number of aromatic nitrogens is 2. The number of fused-ring (bicyclic) bond motifs is 3. The van der Waals surface area contributed by atoms with Crippen LogP contribution in [0.3, 0.4) is 0 Å². The van der Waals surface area contributed by atoms with Crippen molar-refractivity contribution in [3.8, 4) is 0 Å². The first-order chi connectivity index (χ1) is 11.4. The van der Waals surface area contributed by atoms with E-state index >= 15 is 0 Å². The van der Waals surface area contributed by atoms with Crippen molar-refractivity contribution >= 4 is 27.3 Å². The highest BCUT2D eigenvalue weighted by Gasteiger charge is 2.50. The van der Waals surface area contributed by atoms with Gasteiger partial charge >= 0.3 is 0 Å². The standard InChI is InChI=1S/C22H23N2/c1-14-13-23-18-12-7-6-9-15(18)16-10-8-11-17-19(16)20(23)24(14)22(4,5)21(17,2)3/h6-13H,1-5H3/q+1. The molecule has 120 valence electrons. The molecule has 0 radical (unpaired) electrons. The summed E-state index contributed by atoms with van der Waals surface area (Å²) in [7, 11) is 0. The van der Waals surface area contributed by atoms with Gasteiger partial charge in [-0.25, -0.2) is 4.57 Å². The van der Waals surface area contributed by atoms with Gasteiger partial charge in [0.15, 0.2) is 0 Å². The molecule has 1 aliphatic heterocycles. The second-order valence-electron chi connectivity index (χ2n) is 8.23. The predicted molar refractivity (Wildman–Crippen MR) is 99.7 cm³/mol. The lowest BCUT2D eigenvalue weighted by Crippen LogP contribution is -2.48. The summed E-state index contributed by atoms with van der Waals surface area (Å²) < 4.78 is 4.95. The number of hydrogen-bond donors (Lipinski definition) is 0. The van der Waals surface area contributed by atoms with Crippen LogP contribution in [0.2, 0.25) is 0 Å². The highest BCUT2D eigenvalue weighted by molar-refractivity contribution is 6.11. The van der Waals surface area contributed by atoms with Crippen molar-refractivity contribution in [1.82, 2.24) is 4.57 Å². The number of pyridine rings is 1. The first-order valence-electron chi connectivity index (χ1n) is 8.74. The summed E-state index contributed by atoms with van der Waals surface area (Å²) in [6.45, 7) is 11.7. The lowest BCUT2D eigenvalue weighted by Gasteiger charge is -2.43. The minimum atomic E-state index is 0.00950. The van der Waals surface area contributed by atoms with Gasteiger partial charge in [-0.1, -0.05) is 50.2 Å². The molecule has 0 spiro atoms. The summed E-state index contributed by atoms with van der Waals surface area (Å²) in [5, 5.41) is 4.11. The van der Waals surface area contributed by atoms with Gasteiger partial charge in [-0.2, -0.15) is 4.40 Å². The lowest BCUT2D eigenvalue weighted by molar-refractivity contribution is -0.479. The monoisotopic (exact) mass is 315 g/mol. The van der Waals surface area contributed by atoms with Crippen molar-refractivity contribution < 1.29 is 4.40 Å². The van der Waals surface area contributed by atoms with Crippen LogP contribution in [-0.4, -0.2) is 4.57 Å². The third-order valence-corrected chi connectivity index (χ3v) is 6.61. The normalized spacial score (nSPS) is 18.0. The fraction of sp³-hybridized carbons (Fsp3) is 0.318. The molecule has 0 bridgehead atoms. The molecule has 2 aromatic heterocycles. The quantitative estimate of drug-likeness (QED) is 0.323. The Kier molecular flexibility index (Phi) is 2.34. The van der Waals surface area contributed by atoms with Crippen LogP contribution in [0.15, 0.2) is 48.7 Å². The van der Waals surface area contributed by atoms with E-state index in [0.29, 0.717) is 0 Å². The van der Waals surface area contributed by atoms with E-state index in [9.17, 15) is 0 Å². The van der Waals surface area contributed by atoms with E-state index in [1.165, 1.54) is 38.6 Å². The van der Waals surface area contributed by atoms with Gasteiger partial charge < -0.3 is 0 Å². The van der Waals surface area contributed by atoms with Crippen molar-refractivity contribution in [2.45, 2.75) is 45.6 Å². The van der Waals surface area contributed by atoms with Gasteiger partial charge in [0.05, 0.1) is 5.39 Å². The Hall–Kier alpha value is -2.35. The van der Waals surface area contributed by atoms with Crippen LogP contribution < -0.4 is 4.40 Å². The zero-order valence-electron chi connectivity index (χ0n) is 15.0. The van der Waals surface area contributed by atoms with Gasteiger partial charge in [-0.15, -0.1) is 0 Å². The van der Waals surface area contributed by atoms with Gasteiger partial charge in [-0.3, -0.25) is 0 Å². The molecular formula is C22H23N2+. The SMILES string of the molecule is Cc1c[n+]2c3ccccc3c3cccc4c3c2n1C(C)(C)C4(C)C. The van der Waals surface area contributed by atoms with Gasteiger partial charge in [0, 0.05) is 23.1 Å². The summed E-state index contributed by atoms with van der Waals surface area (Å²) in [6, 6.07) is 15.6. The minimum absolute atomic E-state index is 0.00950. The Balaban J connectivity index is 2.24. The smallest absolute Gasteiger partial charge is 0.221 e. The number of benzene rings is 2. The predicted octanol–water partition coefficient (Wildman–Crippen LogP) is 4.87. The van der Waals surface area contributed by atoms with Crippen molar-refractivity contribution in [2.24, 2.45) is 0 Å². The molecule has 0 atom stereocenters. The topological polar surface area (TPSA) is 9.03 Å². The minimum Gasteiger partial charge on any atom is -0.221 e. The maximum atomic E-state index is 2.55. The van der Waals surface area contributed by atoms with E-state index < -0.39 is 0 Å². The number of hydrogen-bond acceptors (Lipinski definition) is 0. The van der Waals surface area contributed by atoms with Crippen LogP contribution >= 0.6 is 0 Å². The Labute approximate surface area is 142 Å². The maximum Gasteiger partial charge on any atom is 0.295 e. The highest BCUT2D eigenvalue weighted by atomic mass is 15.2. The highest BCUT2D eigenvalue weighted by Crippen LogP contribution is 2.49. The summed E-state index contributed by atoms with van der Waals surface area (Å²) in [5.74, 6) is 0. The van der Waals surface area contributed by atoms with Crippen molar-refractivity contribution in [3.05, 3.63) is 59.9 Å². The van der Waals surface area contributed by atoms with Crippen LogP contribution in [0, 0.1) is 6.92 Å². The first-order valence-corrected chi connectivity index (χ1v) is 8.74. The van der Waals surface area contributed by atoms with Crippen LogP contribution in [0.1, 0.15) is 39.0 Å². The number of rotatable bonds is 0. The van der Waals surface area contributed by atoms with Crippen LogP contribution in [0.4, 0.5) is 0 Å². The third kappa shape index (κ3) is 1.33. The molecule has 0 amide bonds. The molecule has 24 heavy (non-hydrogen) atoms. The molecule has 3 heterocycles. The van der Waals surface area contributed by atoms with E-state index in [-0.39, 0.29) is 11.0 Å². The molecule has 0 fully saturated rings. The molecular weight excluding hydrogens is 292 g/mol. The molecule has 0 N–H and O–H groups in total. The number of imidazole rings is 1. The molecule has 2 aromatic carbocycles. The number of para-hydroxylation sites is 1. The third-order valence-electron chi connectivity index (χ3n) is 6.61. The summed E-state index contributed by atoms with van der Waals surface area (Å²) >= 11 is 0. The van der Waals surface area contributed by atoms with E-state index in [4.69, 9.17) is 0 Å². The van der Waals surface area contributed by atoms with Crippen LogP contribution in [-0.2, 0) is 11.0 Å². The second-order valence-corrected chi connectivity index (χ2v) is 8.23. The number of aryl methyl sites for hydroxylation is 1. The lowest BCUT2D eigenvalue weighted by atomic mass is 9.66. The molecule has 2 nitrogen and oxygen atoms in total. The molecule has 4 aromatic rings. The molecule has 5 rings (SSSR count). The maximum absolute atomic E-state index is 2.55. The van der Waals surface area contributed by atoms with Crippen molar-refractivity contribution in [2.75, 3.05) is 0 Å². The number of nitrogens with zero attached hydrogens (tertiary/aromatic N) is 2. The van der Waals surface area contributed by atoms with Crippen LogP contribution in [0.25, 0.3) is 27.3 Å². The van der Waals surface area contributed by atoms with Gasteiger partial charge in [0.1, 0.15) is 22.9 Å². The zero-order chi connectivity index (χ0) is 16.9. The average Bonchev–Trinajstić information content (AvgIpc) is 2.91. The summed E-state index contributed by atoms with van der Waals surface area (Å²) in [4.78, 5) is 0. The Morgan fingerprint density at radius 2 is 1.58 bits per heavy atom. The molecule has 2 heteroatoms. The Morgan fingerprint density at radius 1 is 0.875 bits per heavy atom. The largest absolute Gasteiger partial charge is 0.295 e. The molecule has 0 saturated heterocycles. The van der Waals surface area contributed by atoms with E-state index in [1.54, 1.807) is 0 Å². The fourth-order valence-corrected chi connectivity index (χ4v) is 4.76. The average molecular weight is 315 g/mol. The molecule has 0 unspecified atom stereocenters. The van der Waals surface area contributed by atoms with Gasteiger partial charge in [0.25, 0.3) is 5.65 Å².